The summed E-state index contributed by atoms with van der Waals surface area (Å²) in [6.45, 7) is 14.2. The molecule has 1 aliphatic heterocycles. The number of carbonyl (C=O) groups is 1. The Bertz CT molecular complexity index is 1300. The number of benzene rings is 2. The molecule has 1 fully saturated rings. The van der Waals surface area contributed by atoms with Crippen LogP contribution >= 0.6 is 11.6 Å². The zero-order chi connectivity index (χ0) is 26.7. The van der Waals surface area contributed by atoms with Gasteiger partial charge in [0.1, 0.15) is 17.1 Å². The summed E-state index contributed by atoms with van der Waals surface area (Å²) in [6.07, 6.45) is 1.60. The van der Waals surface area contributed by atoms with Crippen LogP contribution < -0.4 is 21.3 Å². The standard InChI is InChI=1S/C27H34ClN7O2/c1-5-19-13-18(12-17(4)24(19)36)15-30-26-23(25(29)37)27(33-32-26)31-20-6-7-22(21(28)14-20)35-10-8-34(9-11-35)16(2)3/h5-7,12-14,16,36H,1,8-11,15H2,2-4H3,(H2,29,37)(H3,30,31,32,33). The topological polar surface area (TPSA) is 123 Å². The summed E-state index contributed by atoms with van der Waals surface area (Å²) < 4.78 is 0. The van der Waals surface area contributed by atoms with Crippen LogP contribution in [0.25, 0.3) is 6.08 Å². The molecule has 6 N–H and O–H groups in total. The number of H-pyrrole nitrogens is 1. The van der Waals surface area contributed by atoms with Crippen molar-refractivity contribution in [2.45, 2.75) is 33.4 Å². The average molecular weight is 524 g/mol. The summed E-state index contributed by atoms with van der Waals surface area (Å²) in [5.74, 6) is 0.271. The number of primary amides is 1. The van der Waals surface area contributed by atoms with Crippen LogP contribution in [0.15, 0.2) is 36.9 Å². The Balaban J connectivity index is 1.47. The zero-order valence-electron chi connectivity index (χ0n) is 21.4. The van der Waals surface area contributed by atoms with Crippen LogP contribution in [0.2, 0.25) is 5.02 Å². The lowest BCUT2D eigenvalue weighted by molar-refractivity contribution is 0.100. The Morgan fingerprint density at radius 1 is 1.27 bits per heavy atom. The molecule has 0 atom stereocenters. The lowest BCUT2D eigenvalue weighted by Crippen LogP contribution is -2.49. The fourth-order valence-electron chi connectivity index (χ4n) is 4.59. The number of piperazine rings is 1. The van der Waals surface area contributed by atoms with Gasteiger partial charge in [-0.25, -0.2) is 0 Å². The number of carbonyl (C=O) groups excluding carboxylic acids is 1. The van der Waals surface area contributed by atoms with Crippen molar-refractivity contribution in [3.05, 3.63) is 64.2 Å². The van der Waals surface area contributed by atoms with E-state index in [-0.39, 0.29) is 11.3 Å². The van der Waals surface area contributed by atoms with Gasteiger partial charge in [0.2, 0.25) is 0 Å². The molecule has 4 rings (SSSR count). The molecule has 0 bridgehead atoms. The molecule has 3 aromatic rings. The molecular weight excluding hydrogens is 490 g/mol. The summed E-state index contributed by atoms with van der Waals surface area (Å²) in [7, 11) is 0. The highest BCUT2D eigenvalue weighted by atomic mass is 35.5. The number of rotatable bonds is 9. The number of halogens is 1. The quantitative estimate of drug-likeness (QED) is 0.275. The van der Waals surface area contributed by atoms with Crippen LogP contribution in [0.5, 0.6) is 5.75 Å². The first-order valence-electron chi connectivity index (χ1n) is 12.3. The normalized spacial score (nSPS) is 14.1. The molecule has 0 unspecified atom stereocenters. The van der Waals surface area contributed by atoms with Gasteiger partial charge in [-0.05, 0) is 56.2 Å². The predicted molar refractivity (Wildman–Crippen MR) is 151 cm³/mol. The second kappa shape index (κ2) is 11.1. The average Bonchev–Trinajstić information content (AvgIpc) is 3.27. The van der Waals surface area contributed by atoms with Gasteiger partial charge in [-0.1, -0.05) is 30.3 Å². The summed E-state index contributed by atoms with van der Waals surface area (Å²) in [6, 6.07) is 9.96. The number of phenols is 1. The van der Waals surface area contributed by atoms with Gasteiger partial charge >= 0.3 is 0 Å². The first-order valence-corrected chi connectivity index (χ1v) is 12.7. The Morgan fingerprint density at radius 2 is 2.00 bits per heavy atom. The van der Waals surface area contributed by atoms with E-state index in [0.717, 1.165) is 43.0 Å². The van der Waals surface area contributed by atoms with Gasteiger partial charge in [-0.3, -0.25) is 14.8 Å². The molecule has 1 aliphatic rings. The number of aromatic amines is 1. The summed E-state index contributed by atoms with van der Waals surface area (Å²) in [4.78, 5) is 17.1. The minimum absolute atomic E-state index is 0.199. The van der Waals surface area contributed by atoms with E-state index in [0.29, 0.717) is 40.5 Å². The van der Waals surface area contributed by atoms with E-state index >= 15 is 0 Å². The third-order valence-electron chi connectivity index (χ3n) is 6.68. The number of nitrogens with zero attached hydrogens (tertiary/aromatic N) is 3. The number of hydrogen-bond acceptors (Lipinski definition) is 7. The van der Waals surface area contributed by atoms with E-state index in [1.165, 1.54) is 0 Å². The highest BCUT2D eigenvalue weighted by Gasteiger charge is 2.22. The predicted octanol–water partition coefficient (Wildman–Crippen LogP) is 4.71. The Hall–Kier alpha value is -3.69. The minimum Gasteiger partial charge on any atom is -0.507 e. The first kappa shape index (κ1) is 26.4. The molecule has 10 heteroatoms. The summed E-state index contributed by atoms with van der Waals surface area (Å²) >= 11 is 6.65. The molecule has 1 saturated heterocycles. The highest BCUT2D eigenvalue weighted by Crippen LogP contribution is 2.32. The van der Waals surface area contributed by atoms with Gasteiger partial charge in [0.25, 0.3) is 5.91 Å². The molecule has 2 heterocycles. The number of nitrogens with two attached hydrogens (primary N) is 1. The van der Waals surface area contributed by atoms with E-state index in [1.54, 1.807) is 6.08 Å². The minimum atomic E-state index is -0.627. The number of amides is 1. The summed E-state index contributed by atoms with van der Waals surface area (Å²) in [5, 5.41) is 24.2. The molecule has 9 nitrogen and oxygen atoms in total. The third-order valence-corrected chi connectivity index (χ3v) is 6.99. The van der Waals surface area contributed by atoms with Crippen LogP contribution in [-0.2, 0) is 6.54 Å². The number of hydrogen-bond donors (Lipinski definition) is 5. The van der Waals surface area contributed by atoms with Crippen LogP contribution in [0.1, 0.15) is 40.9 Å². The van der Waals surface area contributed by atoms with Crippen molar-refractivity contribution in [1.82, 2.24) is 15.1 Å². The van der Waals surface area contributed by atoms with Crippen LogP contribution in [0, 0.1) is 6.92 Å². The molecule has 0 spiro atoms. The Morgan fingerprint density at radius 3 is 2.62 bits per heavy atom. The van der Waals surface area contributed by atoms with E-state index in [1.807, 2.05) is 37.3 Å². The number of phenolic OH excluding ortho intramolecular Hbond substituents is 1. The zero-order valence-corrected chi connectivity index (χ0v) is 22.2. The second-order valence-electron chi connectivity index (χ2n) is 9.50. The molecular formula is C27H34ClN7O2. The smallest absolute Gasteiger partial charge is 0.256 e. The molecule has 0 radical (unpaired) electrons. The first-order chi connectivity index (χ1) is 17.7. The molecule has 0 saturated carbocycles. The largest absolute Gasteiger partial charge is 0.507 e. The molecule has 1 amide bonds. The van der Waals surface area contributed by atoms with E-state index in [2.05, 4.69) is 51.1 Å². The van der Waals surface area contributed by atoms with Crippen molar-refractivity contribution in [1.29, 1.82) is 0 Å². The molecule has 196 valence electrons. The molecule has 1 aromatic heterocycles. The van der Waals surface area contributed by atoms with E-state index in [4.69, 9.17) is 17.3 Å². The van der Waals surface area contributed by atoms with E-state index in [9.17, 15) is 9.90 Å². The van der Waals surface area contributed by atoms with Gasteiger partial charge in [0, 0.05) is 50.0 Å². The molecule has 37 heavy (non-hydrogen) atoms. The molecule has 2 aromatic carbocycles. The van der Waals surface area contributed by atoms with Crippen molar-refractivity contribution in [3.63, 3.8) is 0 Å². The van der Waals surface area contributed by atoms with Gasteiger partial charge in [0.15, 0.2) is 5.82 Å². The van der Waals surface area contributed by atoms with Crippen molar-refractivity contribution in [2.24, 2.45) is 5.73 Å². The number of aromatic nitrogens is 2. The van der Waals surface area contributed by atoms with Gasteiger partial charge in [0.05, 0.1) is 10.7 Å². The number of nitrogens with one attached hydrogen (secondary N) is 3. The maximum Gasteiger partial charge on any atom is 0.256 e. The van der Waals surface area contributed by atoms with E-state index < -0.39 is 5.91 Å². The Labute approximate surface area is 222 Å². The van der Waals surface area contributed by atoms with Crippen LogP contribution in [0.4, 0.5) is 23.0 Å². The maximum atomic E-state index is 12.3. The van der Waals surface area contributed by atoms with Gasteiger partial charge in [-0.15, -0.1) is 0 Å². The fourth-order valence-corrected chi connectivity index (χ4v) is 4.89. The Kier molecular flexibility index (Phi) is 7.94. The lowest BCUT2D eigenvalue weighted by atomic mass is 10.0. The monoisotopic (exact) mass is 523 g/mol. The number of aryl methyl sites for hydroxylation is 1. The second-order valence-corrected chi connectivity index (χ2v) is 9.91. The SMILES string of the molecule is C=Cc1cc(CNc2n[nH]c(Nc3ccc(N4CCN(C(C)C)CC4)c(Cl)c3)c2C(N)=O)cc(C)c1O. The van der Waals surface area contributed by atoms with Crippen LogP contribution in [-0.4, -0.2) is 58.3 Å². The highest BCUT2D eigenvalue weighted by molar-refractivity contribution is 6.33. The van der Waals surface area contributed by atoms with Crippen molar-refractivity contribution in [3.8, 4) is 5.75 Å². The fraction of sp³-hybridized carbons (Fsp3) is 0.333. The maximum absolute atomic E-state index is 12.3. The van der Waals surface area contributed by atoms with Crippen molar-refractivity contribution in [2.75, 3.05) is 41.7 Å². The lowest BCUT2D eigenvalue weighted by Gasteiger charge is -2.38. The molecule has 0 aliphatic carbocycles. The van der Waals surface area contributed by atoms with Gasteiger partial charge < -0.3 is 26.4 Å². The van der Waals surface area contributed by atoms with Crippen molar-refractivity contribution < 1.29 is 9.90 Å². The van der Waals surface area contributed by atoms with Crippen molar-refractivity contribution >= 4 is 46.6 Å². The number of anilines is 4. The summed E-state index contributed by atoms with van der Waals surface area (Å²) in [5.41, 5.74) is 9.87. The number of aromatic hydroxyl groups is 1. The van der Waals surface area contributed by atoms with Crippen LogP contribution in [0.3, 0.4) is 0 Å². The van der Waals surface area contributed by atoms with Gasteiger partial charge in [-0.2, -0.15) is 5.10 Å². The third kappa shape index (κ3) is 5.84.